The standard InChI is InChI=1S/C49H69Cl2NO6/c1-29(2)12-11-13-30(3)39-17-18-40-36-16-15-33-28-34(19-21-48(33,4)41(36)20-22-49(39,40)5)52-23-10-8-9-14-35(31-24-37(46(53)54)44(57-6)42(50)26-31)32-25-38(47(55)56)45(58-7)43(51)27-32/h14,24-27,29-30,33-34,36,39-41,52H,8-13,15-23,28H2,1-7H3,(H,53,54)(H,55,56)/t30?,33-,34-,36-,39+,40-,41-,48-,49+/m0/s1. The van der Waals surface area contributed by atoms with E-state index in [9.17, 15) is 19.8 Å². The number of carboxylic acid groups (broad SMARTS) is 2. The molecule has 9 atom stereocenters. The molecular weight excluding hydrogens is 769 g/mol. The van der Waals surface area contributed by atoms with Gasteiger partial charge in [0.05, 0.1) is 24.3 Å². The van der Waals surface area contributed by atoms with Gasteiger partial charge >= 0.3 is 11.9 Å². The molecule has 0 spiro atoms. The Balaban J connectivity index is 1.07. The molecule has 4 fully saturated rings. The highest BCUT2D eigenvalue weighted by molar-refractivity contribution is 6.33. The second-order valence-corrected chi connectivity index (χ2v) is 20.2. The van der Waals surface area contributed by atoms with Crippen LogP contribution in [0.4, 0.5) is 0 Å². The quantitative estimate of drug-likeness (QED) is 0.136. The van der Waals surface area contributed by atoms with Gasteiger partial charge in [-0.25, -0.2) is 9.59 Å². The van der Waals surface area contributed by atoms with E-state index >= 15 is 0 Å². The molecule has 9 heteroatoms. The van der Waals surface area contributed by atoms with Gasteiger partial charge in [0, 0.05) is 6.04 Å². The van der Waals surface area contributed by atoms with E-state index in [4.69, 9.17) is 32.7 Å². The number of halogens is 2. The van der Waals surface area contributed by atoms with Gasteiger partial charge in [-0.2, -0.15) is 0 Å². The van der Waals surface area contributed by atoms with Crippen molar-refractivity contribution in [2.75, 3.05) is 20.8 Å². The minimum Gasteiger partial charge on any atom is -0.494 e. The third-order valence-corrected chi connectivity index (χ3v) is 16.4. The number of carbonyl (C=O) groups is 2. The molecule has 0 saturated heterocycles. The highest BCUT2D eigenvalue weighted by Gasteiger charge is 2.60. The fraction of sp³-hybridized carbons (Fsp3) is 0.673. The molecule has 0 amide bonds. The normalized spacial score (nSPS) is 29.6. The van der Waals surface area contributed by atoms with E-state index in [1.54, 1.807) is 12.1 Å². The number of hydrogen-bond acceptors (Lipinski definition) is 5. The van der Waals surface area contributed by atoms with Crippen LogP contribution in [-0.4, -0.2) is 49.0 Å². The SMILES string of the molecule is COc1c(Cl)cc(C(=CCCCCN[C@H]2CC[C@@]3(C)[C@@H](CC[C@@H]4[C@@H]3CC[C@]3(C)[C@@H](C(C)CCCC(C)C)CC[C@@H]43)C2)c2cc(Cl)c(OC)c(C(=O)O)c2)cc1C(=O)O. The topological polar surface area (TPSA) is 105 Å². The van der Waals surface area contributed by atoms with Crippen LogP contribution in [0, 0.1) is 52.3 Å². The predicted octanol–water partition coefficient (Wildman–Crippen LogP) is 13.1. The average molecular weight is 839 g/mol. The van der Waals surface area contributed by atoms with Gasteiger partial charge in [-0.05, 0) is 177 Å². The third kappa shape index (κ3) is 9.12. The molecule has 0 heterocycles. The van der Waals surface area contributed by atoms with Crippen molar-refractivity contribution in [1.82, 2.24) is 5.32 Å². The maximum absolute atomic E-state index is 12.2. The minimum absolute atomic E-state index is 0.0694. The van der Waals surface area contributed by atoms with Crippen LogP contribution in [-0.2, 0) is 0 Å². The predicted molar refractivity (Wildman–Crippen MR) is 236 cm³/mol. The highest BCUT2D eigenvalue weighted by atomic mass is 35.5. The van der Waals surface area contributed by atoms with Gasteiger partial charge in [0.2, 0.25) is 0 Å². The van der Waals surface area contributed by atoms with Crippen molar-refractivity contribution in [3.63, 3.8) is 0 Å². The maximum Gasteiger partial charge on any atom is 0.339 e. The Hall–Kier alpha value is -2.74. The van der Waals surface area contributed by atoms with E-state index in [2.05, 4.69) is 39.9 Å². The highest BCUT2D eigenvalue weighted by Crippen LogP contribution is 2.68. The van der Waals surface area contributed by atoms with Crippen molar-refractivity contribution >= 4 is 40.7 Å². The third-order valence-electron chi connectivity index (χ3n) is 15.9. The number of aromatic carboxylic acids is 2. The van der Waals surface area contributed by atoms with Crippen molar-refractivity contribution in [2.24, 2.45) is 52.3 Å². The minimum atomic E-state index is -1.18. The van der Waals surface area contributed by atoms with Crippen molar-refractivity contribution in [3.8, 4) is 11.5 Å². The molecule has 0 aromatic heterocycles. The molecule has 2 aromatic carbocycles. The molecular formula is C49H69Cl2NO6. The zero-order valence-electron chi connectivity index (χ0n) is 36.1. The Labute approximate surface area is 358 Å². The van der Waals surface area contributed by atoms with Crippen LogP contribution in [0.1, 0.15) is 163 Å². The second-order valence-electron chi connectivity index (χ2n) is 19.4. The first kappa shape index (κ1) is 44.8. The Morgan fingerprint density at radius 3 is 1.98 bits per heavy atom. The number of fused-ring (bicyclic) bond motifs is 5. The summed E-state index contributed by atoms with van der Waals surface area (Å²) in [6.45, 7) is 13.7. The van der Waals surface area contributed by atoms with Crippen LogP contribution in [0.25, 0.3) is 5.57 Å². The van der Waals surface area contributed by atoms with Crippen LogP contribution < -0.4 is 14.8 Å². The summed E-state index contributed by atoms with van der Waals surface area (Å²) in [5, 5.41) is 24.2. The largest absolute Gasteiger partial charge is 0.494 e. The molecule has 7 nitrogen and oxygen atoms in total. The number of nitrogens with one attached hydrogen (secondary N) is 1. The van der Waals surface area contributed by atoms with E-state index in [1.165, 1.54) is 103 Å². The molecule has 320 valence electrons. The summed E-state index contributed by atoms with van der Waals surface area (Å²) >= 11 is 13.1. The summed E-state index contributed by atoms with van der Waals surface area (Å²) < 4.78 is 10.6. The molecule has 58 heavy (non-hydrogen) atoms. The summed E-state index contributed by atoms with van der Waals surface area (Å²) in [6, 6.07) is 6.88. The van der Waals surface area contributed by atoms with Gasteiger partial charge in [-0.3, -0.25) is 0 Å². The van der Waals surface area contributed by atoms with E-state index in [0.29, 0.717) is 40.0 Å². The smallest absolute Gasteiger partial charge is 0.339 e. The molecule has 2 aromatic rings. The van der Waals surface area contributed by atoms with E-state index in [-0.39, 0.29) is 32.7 Å². The molecule has 4 saturated carbocycles. The van der Waals surface area contributed by atoms with E-state index < -0.39 is 11.9 Å². The van der Waals surface area contributed by atoms with E-state index in [1.807, 2.05) is 6.08 Å². The molecule has 0 bridgehead atoms. The number of ether oxygens (including phenoxy) is 2. The molecule has 6 rings (SSSR count). The van der Waals surface area contributed by atoms with Gasteiger partial charge in [0.15, 0.2) is 11.5 Å². The Morgan fingerprint density at radius 2 is 1.40 bits per heavy atom. The van der Waals surface area contributed by atoms with Crippen LogP contribution in [0.5, 0.6) is 11.5 Å². The summed E-state index contributed by atoms with van der Waals surface area (Å²) in [7, 11) is 2.76. The van der Waals surface area contributed by atoms with Crippen LogP contribution >= 0.6 is 23.2 Å². The van der Waals surface area contributed by atoms with Crippen LogP contribution in [0.15, 0.2) is 30.3 Å². The van der Waals surface area contributed by atoms with Gasteiger partial charge in [-0.1, -0.05) is 83.2 Å². The van der Waals surface area contributed by atoms with Crippen LogP contribution in [0.2, 0.25) is 10.0 Å². The zero-order chi connectivity index (χ0) is 41.9. The lowest BCUT2D eigenvalue weighted by Crippen LogP contribution is -2.55. The van der Waals surface area contributed by atoms with Gasteiger partial charge < -0.3 is 25.0 Å². The average Bonchev–Trinajstić information content (AvgIpc) is 3.54. The van der Waals surface area contributed by atoms with Gasteiger partial charge in [0.1, 0.15) is 11.1 Å². The van der Waals surface area contributed by atoms with E-state index in [0.717, 1.165) is 60.8 Å². The van der Waals surface area contributed by atoms with Gasteiger partial charge in [-0.15, -0.1) is 0 Å². The fourth-order valence-corrected chi connectivity index (χ4v) is 13.5. The summed E-state index contributed by atoms with van der Waals surface area (Å²) in [6.07, 6.45) is 21.3. The Morgan fingerprint density at radius 1 is 0.793 bits per heavy atom. The summed E-state index contributed by atoms with van der Waals surface area (Å²) in [5.41, 5.74) is 2.55. The lowest BCUT2D eigenvalue weighted by Gasteiger charge is -2.61. The molecule has 0 radical (unpaired) electrons. The van der Waals surface area contributed by atoms with Gasteiger partial charge in [0.25, 0.3) is 0 Å². The number of rotatable bonds is 17. The second kappa shape index (κ2) is 18.9. The number of carboxylic acids is 2. The summed E-state index contributed by atoms with van der Waals surface area (Å²) in [4.78, 5) is 24.4. The zero-order valence-corrected chi connectivity index (χ0v) is 37.6. The number of hydrogen-bond donors (Lipinski definition) is 3. The fourth-order valence-electron chi connectivity index (χ4n) is 12.9. The lowest BCUT2D eigenvalue weighted by atomic mass is 9.44. The van der Waals surface area contributed by atoms with Crippen LogP contribution in [0.3, 0.4) is 0 Å². The summed E-state index contributed by atoms with van der Waals surface area (Å²) in [5.74, 6) is 3.91. The number of allylic oxidation sites excluding steroid dienone is 1. The molecule has 4 aliphatic rings. The molecule has 3 N–H and O–H groups in total. The first-order chi connectivity index (χ1) is 27.6. The van der Waals surface area contributed by atoms with Crippen molar-refractivity contribution in [3.05, 3.63) is 62.6 Å². The Kier molecular flexibility index (Phi) is 14.6. The number of methoxy groups -OCH3 is 2. The molecule has 4 aliphatic carbocycles. The van der Waals surface area contributed by atoms with Crippen molar-refractivity contribution < 1.29 is 29.3 Å². The first-order valence-corrected chi connectivity index (χ1v) is 23.0. The molecule has 0 aliphatic heterocycles. The lowest BCUT2D eigenvalue weighted by molar-refractivity contribution is -0.118. The van der Waals surface area contributed by atoms with Crippen molar-refractivity contribution in [2.45, 2.75) is 137 Å². The monoisotopic (exact) mass is 837 g/mol. The maximum atomic E-state index is 12.2. The van der Waals surface area contributed by atoms with Crippen molar-refractivity contribution in [1.29, 1.82) is 0 Å². The number of unbranched alkanes of at least 4 members (excludes halogenated alkanes) is 2. The number of benzene rings is 2. The molecule has 1 unspecified atom stereocenters. The first-order valence-electron chi connectivity index (χ1n) is 22.3. The Bertz CT molecular complexity index is 1750.